The highest BCUT2D eigenvalue weighted by Crippen LogP contribution is 2.51. The van der Waals surface area contributed by atoms with E-state index in [1.165, 1.54) is 32.7 Å². The van der Waals surface area contributed by atoms with Gasteiger partial charge in [0.15, 0.2) is 11.2 Å². The summed E-state index contributed by atoms with van der Waals surface area (Å²) in [5.74, 6) is 0. The molecule has 0 bridgehead atoms. The molecule has 4 heteroatoms. The van der Waals surface area contributed by atoms with Crippen molar-refractivity contribution in [2.45, 2.75) is 0 Å². The van der Waals surface area contributed by atoms with Crippen LogP contribution in [-0.2, 0) is 0 Å². The first kappa shape index (κ1) is 47.6. The van der Waals surface area contributed by atoms with Crippen LogP contribution in [0.15, 0.2) is 312 Å². The molecule has 4 nitrogen and oxygen atoms in total. The van der Waals surface area contributed by atoms with Crippen molar-refractivity contribution in [3.05, 3.63) is 303 Å². The molecule has 15 aromatic carbocycles. The molecule has 392 valence electrons. The van der Waals surface area contributed by atoms with Crippen LogP contribution in [0.2, 0.25) is 0 Å². The molecule has 0 amide bonds. The zero-order valence-electron chi connectivity index (χ0n) is 45.6. The molecular weight excluding hydrogens is 1020 g/mol. The fraction of sp³-hybridized carbons (Fsp3) is 0. The van der Waals surface area contributed by atoms with Gasteiger partial charge in [0.05, 0.1) is 17.1 Å². The molecule has 0 aliphatic heterocycles. The molecule has 0 aliphatic rings. The van der Waals surface area contributed by atoms with Crippen molar-refractivity contribution in [3.63, 3.8) is 0 Å². The lowest BCUT2D eigenvalue weighted by Gasteiger charge is -2.28. The number of benzene rings is 15. The van der Waals surface area contributed by atoms with Crippen LogP contribution in [0, 0.1) is 0 Å². The molecule has 2 aromatic heterocycles. The molecule has 17 aromatic rings. The SMILES string of the molecule is c1ccc(-c2ccc(N(c3ccc(-c4ccc(N(c5ccc(-c6ccccc6)cc5)c5cc6ccccc6c6c5oc5ccc7ccccc7c56)c5ccccc45)cc3)c3cc4ccccc4c4c3oc3ccc5ccccc5c34)cc2)cc1. The summed E-state index contributed by atoms with van der Waals surface area (Å²) in [6.07, 6.45) is 0. The van der Waals surface area contributed by atoms with Gasteiger partial charge in [0.2, 0.25) is 0 Å². The second-order valence-corrected chi connectivity index (χ2v) is 21.9. The standard InChI is InChI=1S/C80H50N2O2/c1-3-17-51(18-4-1)53-31-39-60(40-32-53)81(71-49-58-23-9-13-27-66(58)77-75-64-25-11-7-21-55(64)37-47-73(75)83-79(71)77)61-43-35-57(36-44-61)63-45-46-70(69-30-16-15-29-68(63)69)82(62-41-33-54(34-42-62)52-19-5-2-6-20-52)72-50-59-24-10-14-28-67(59)78-76-65-26-12-8-22-56(65)38-48-74(76)84-80(72)78/h1-50H. The minimum absolute atomic E-state index is 0.842. The first-order valence-electron chi connectivity index (χ1n) is 28.7. The monoisotopic (exact) mass is 1070 g/mol. The molecule has 0 aliphatic carbocycles. The van der Waals surface area contributed by atoms with Gasteiger partial charge in [0.1, 0.15) is 11.2 Å². The van der Waals surface area contributed by atoms with E-state index in [2.05, 4.69) is 313 Å². The van der Waals surface area contributed by atoms with E-state index in [-0.39, 0.29) is 0 Å². The molecule has 17 rings (SSSR count). The number of rotatable bonds is 9. The Morgan fingerprint density at radius 2 is 0.571 bits per heavy atom. The van der Waals surface area contributed by atoms with Crippen molar-refractivity contribution in [2.75, 3.05) is 9.80 Å². The maximum atomic E-state index is 7.17. The molecule has 0 saturated carbocycles. The van der Waals surface area contributed by atoms with Crippen molar-refractivity contribution in [2.24, 2.45) is 0 Å². The van der Waals surface area contributed by atoms with Crippen LogP contribution in [0.3, 0.4) is 0 Å². The number of hydrogen-bond donors (Lipinski definition) is 0. The van der Waals surface area contributed by atoms with E-state index < -0.39 is 0 Å². The minimum Gasteiger partial charge on any atom is -0.454 e. The molecule has 0 N–H and O–H groups in total. The third kappa shape index (κ3) is 7.62. The van der Waals surface area contributed by atoms with Gasteiger partial charge in [0, 0.05) is 44.0 Å². The van der Waals surface area contributed by atoms with Crippen LogP contribution >= 0.6 is 0 Å². The molecular formula is C80H50N2O2. The van der Waals surface area contributed by atoms with Crippen molar-refractivity contribution < 1.29 is 8.83 Å². The van der Waals surface area contributed by atoms with E-state index in [9.17, 15) is 0 Å². The molecule has 0 radical (unpaired) electrons. The van der Waals surface area contributed by atoms with Crippen molar-refractivity contribution in [3.8, 4) is 33.4 Å². The largest absolute Gasteiger partial charge is 0.454 e. The highest BCUT2D eigenvalue weighted by molar-refractivity contribution is 6.31. The van der Waals surface area contributed by atoms with E-state index in [0.29, 0.717) is 0 Å². The zero-order chi connectivity index (χ0) is 55.2. The van der Waals surface area contributed by atoms with Crippen LogP contribution in [-0.4, -0.2) is 0 Å². The molecule has 84 heavy (non-hydrogen) atoms. The van der Waals surface area contributed by atoms with E-state index in [4.69, 9.17) is 8.83 Å². The van der Waals surface area contributed by atoms with Gasteiger partial charge in [-0.15, -0.1) is 0 Å². The molecule has 0 fully saturated rings. The Balaban J connectivity index is 0.847. The highest BCUT2D eigenvalue weighted by atomic mass is 16.3. The van der Waals surface area contributed by atoms with Gasteiger partial charge in [-0.25, -0.2) is 0 Å². The maximum absolute atomic E-state index is 7.17. The Hall–Kier alpha value is -11.2. The Bertz CT molecular complexity index is 5410. The highest BCUT2D eigenvalue weighted by Gasteiger charge is 2.27. The predicted octanol–water partition coefficient (Wildman–Crippen LogP) is 23.2. The van der Waals surface area contributed by atoms with Crippen LogP contribution in [0.5, 0.6) is 0 Å². The van der Waals surface area contributed by atoms with Gasteiger partial charge >= 0.3 is 0 Å². The number of hydrogen-bond acceptors (Lipinski definition) is 4. The van der Waals surface area contributed by atoms with Crippen molar-refractivity contribution in [1.29, 1.82) is 0 Å². The number of anilines is 6. The topological polar surface area (TPSA) is 32.8 Å². The lowest BCUT2D eigenvalue weighted by atomic mass is 9.95. The van der Waals surface area contributed by atoms with Gasteiger partial charge in [0.25, 0.3) is 0 Å². The van der Waals surface area contributed by atoms with E-state index in [1.807, 2.05) is 0 Å². The molecule has 0 saturated heterocycles. The Kier molecular flexibility index (Phi) is 10.9. The Morgan fingerprint density at radius 1 is 0.214 bits per heavy atom. The van der Waals surface area contributed by atoms with Crippen LogP contribution < -0.4 is 9.80 Å². The number of fused-ring (bicyclic) bond motifs is 15. The van der Waals surface area contributed by atoms with Gasteiger partial charge in [-0.3, -0.25) is 0 Å². The van der Waals surface area contributed by atoms with Gasteiger partial charge in [-0.2, -0.15) is 0 Å². The quantitative estimate of drug-likeness (QED) is 0.144. The first-order chi connectivity index (χ1) is 41.7. The summed E-state index contributed by atoms with van der Waals surface area (Å²) >= 11 is 0. The fourth-order valence-electron chi connectivity index (χ4n) is 13.3. The molecule has 2 heterocycles. The first-order valence-corrected chi connectivity index (χ1v) is 28.7. The number of nitrogens with zero attached hydrogens (tertiary/aromatic N) is 2. The fourth-order valence-corrected chi connectivity index (χ4v) is 13.3. The minimum atomic E-state index is 0.842. The second-order valence-electron chi connectivity index (χ2n) is 21.9. The molecule has 0 atom stereocenters. The molecule has 0 unspecified atom stereocenters. The van der Waals surface area contributed by atoms with Crippen molar-refractivity contribution >= 4 is 132 Å². The van der Waals surface area contributed by atoms with Gasteiger partial charge < -0.3 is 18.6 Å². The molecule has 0 spiro atoms. The average molecular weight is 1070 g/mol. The van der Waals surface area contributed by atoms with Gasteiger partial charge in [-0.05, 0) is 149 Å². The van der Waals surface area contributed by atoms with E-state index in [1.54, 1.807) is 0 Å². The lowest BCUT2D eigenvalue weighted by Crippen LogP contribution is -2.11. The summed E-state index contributed by atoms with van der Waals surface area (Å²) in [5.41, 5.74) is 16.4. The average Bonchev–Trinajstić information content (AvgIpc) is 1.90. The number of furan rings is 2. The van der Waals surface area contributed by atoms with Crippen LogP contribution in [0.25, 0.3) is 131 Å². The second kappa shape index (κ2) is 19.2. The summed E-state index contributed by atoms with van der Waals surface area (Å²) in [6.45, 7) is 0. The smallest absolute Gasteiger partial charge is 0.160 e. The lowest BCUT2D eigenvalue weighted by molar-refractivity contribution is 0.669. The summed E-state index contributed by atoms with van der Waals surface area (Å²) in [6, 6.07) is 110. The normalized spacial score (nSPS) is 11.8. The van der Waals surface area contributed by atoms with Crippen LogP contribution in [0.1, 0.15) is 0 Å². The summed E-state index contributed by atoms with van der Waals surface area (Å²) < 4.78 is 14.3. The van der Waals surface area contributed by atoms with Crippen molar-refractivity contribution in [1.82, 2.24) is 0 Å². The zero-order valence-corrected chi connectivity index (χ0v) is 45.6. The maximum Gasteiger partial charge on any atom is 0.160 e. The summed E-state index contributed by atoms with van der Waals surface area (Å²) in [7, 11) is 0. The Labute approximate surface area is 484 Å². The third-order valence-corrected chi connectivity index (χ3v) is 17.2. The summed E-state index contributed by atoms with van der Waals surface area (Å²) in [4.78, 5) is 4.78. The van der Waals surface area contributed by atoms with E-state index in [0.717, 1.165) is 133 Å². The van der Waals surface area contributed by atoms with Crippen LogP contribution in [0.4, 0.5) is 34.1 Å². The predicted molar refractivity (Wildman–Crippen MR) is 354 cm³/mol. The van der Waals surface area contributed by atoms with Gasteiger partial charge in [-0.1, -0.05) is 237 Å². The van der Waals surface area contributed by atoms with E-state index >= 15 is 0 Å². The third-order valence-electron chi connectivity index (χ3n) is 17.2. The summed E-state index contributed by atoms with van der Waals surface area (Å²) in [5, 5.41) is 16.1. The Morgan fingerprint density at radius 3 is 1.05 bits per heavy atom.